The maximum Gasteiger partial charge on any atom is 0.317 e. The maximum absolute atomic E-state index is 12.4. The first kappa shape index (κ1) is 22.4. The molecule has 0 spiro atoms. The van der Waals surface area contributed by atoms with Crippen molar-refractivity contribution in [3.63, 3.8) is 0 Å². The molecule has 2 aromatic heterocycles. The Labute approximate surface area is 193 Å². The van der Waals surface area contributed by atoms with Crippen LogP contribution in [0.15, 0.2) is 30.3 Å². The highest BCUT2D eigenvalue weighted by Crippen LogP contribution is 2.34. The lowest BCUT2D eigenvalue weighted by Crippen LogP contribution is -2.52. The Morgan fingerprint density at radius 1 is 1.12 bits per heavy atom. The third-order valence-electron chi connectivity index (χ3n) is 5.23. The second-order valence-corrected chi connectivity index (χ2v) is 10.6. The molecule has 0 atom stereocenters. The van der Waals surface area contributed by atoms with Crippen LogP contribution < -0.4 is 15.5 Å². The molecule has 8 nitrogen and oxygen atoms in total. The van der Waals surface area contributed by atoms with Crippen molar-refractivity contribution in [2.24, 2.45) is 5.92 Å². The fourth-order valence-corrected chi connectivity index (χ4v) is 4.59. The second-order valence-electron chi connectivity index (χ2n) is 9.68. The van der Waals surface area contributed by atoms with Crippen molar-refractivity contribution in [2.45, 2.75) is 40.2 Å². The van der Waals surface area contributed by atoms with Gasteiger partial charge in [-0.3, -0.25) is 0 Å². The highest BCUT2D eigenvalue weighted by atomic mass is 32.1. The molecule has 0 bridgehead atoms. The Morgan fingerprint density at radius 3 is 2.44 bits per heavy atom. The lowest BCUT2D eigenvalue weighted by molar-refractivity contribution is 0.193. The normalized spacial score (nSPS) is 14.9. The number of fused-ring (bicyclic) bond motifs is 1. The topological polar surface area (TPSA) is 77.8 Å². The van der Waals surface area contributed by atoms with Gasteiger partial charge in [0.05, 0.1) is 0 Å². The quantitative estimate of drug-likeness (QED) is 0.604. The number of nitrogens with one attached hydrogen (secondary N) is 2. The summed E-state index contributed by atoms with van der Waals surface area (Å²) in [5.74, 6) is 1.36. The fraction of sp³-hybridized carbons (Fsp3) is 0.522. The summed E-state index contributed by atoms with van der Waals surface area (Å²) in [6.45, 7) is 14.2. The van der Waals surface area contributed by atoms with Gasteiger partial charge >= 0.3 is 6.03 Å². The maximum atomic E-state index is 12.4. The molecule has 2 N–H and O–H groups in total. The minimum Gasteiger partial charge on any atom is -0.364 e. The van der Waals surface area contributed by atoms with Crippen molar-refractivity contribution in [3.05, 3.63) is 30.3 Å². The number of amides is 2. The van der Waals surface area contributed by atoms with E-state index in [0.29, 0.717) is 25.6 Å². The van der Waals surface area contributed by atoms with Crippen LogP contribution in [-0.2, 0) is 0 Å². The molecule has 2 amide bonds. The van der Waals surface area contributed by atoms with Gasteiger partial charge in [-0.05, 0) is 26.7 Å². The standard InChI is InChI=1S/C23H33N7OS/c1-16(2)15-24-20(31)28-11-13-29(14-12-28)22-27-30-19(26-23(3,4)5)18(25-21(30)32-22)17-9-7-6-8-10-17/h6-10,16,26H,11-15H2,1-5H3,(H,24,31). The number of carbonyl (C=O) groups excluding carboxylic acids is 1. The number of nitrogens with zero attached hydrogens (tertiary/aromatic N) is 5. The molecular formula is C23H33N7OS. The summed E-state index contributed by atoms with van der Waals surface area (Å²) in [6.07, 6.45) is 0. The van der Waals surface area contributed by atoms with Crippen molar-refractivity contribution >= 4 is 33.3 Å². The number of rotatable bonds is 5. The van der Waals surface area contributed by atoms with E-state index in [1.165, 1.54) is 0 Å². The van der Waals surface area contributed by atoms with Crippen molar-refractivity contribution in [2.75, 3.05) is 42.9 Å². The molecule has 1 aromatic carbocycles. The summed E-state index contributed by atoms with van der Waals surface area (Å²) in [5, 5.41) is 12.5. The van der Waals surface area contributed by atoms with E-state index in [1.807, 2.05) is 27.6 Å². The van der Waals surface area contributed by atoms with Gasteiger partial charge in [-0.15, -0.1) is 5.10 Å². The van der Waals surface area contributed by atoms with E-state index in [1.54, 1.807) is 11.3 Å². The predicted molar refractivity (Wildman–Crippen MR) is 132 cm³/mol. The van der Waals surface area contributed by atoms with Crippen LogP contribution in [0.25, 0.3) is 16.2 Å². The average molecular weight is 456 g/mol. The monoisotopic (exact) mass is 455 g/mol. The van der Waals surface area contributed by atoms with Gasteiger partial charge in [0, 0.05) is 43.8 Å². The van der Waals surface area contributed by atoms with Gasteiger partial charge in [-0.2, -0.15) is 4.52 Å². The molecule has 3 aromatic rings. The Kier molecular flexibility index (Phi) is 6.28. The van der Waals surface area contributed by atoms with Gasteiger partial charge in [0.1, 0.15) is 5.69 Å². The number of urea groups is 1. The van der Waals surface area contributed by atoms with E-state index in [2.05, 4.69) is 62.3 Å². The number of hydrogen-bond donors (Lipinski definition) is 2. The molecule has 1 aliphatic heterocycles. The van der Waals surface area contributed by atoms with Crippen LogP contribution in [0.3, 0.4) is 0 Å². The van der Waals surface area contributed by atoms with Gasteiger partial charge in [0.25, 0.3) is 0 Å². The molecule has 0 saturated carbocycles. The smallest absolute Gasteiger partial charge is 0.317 e. The lowest BCUT2D eigenvalue weighted by Gasteiger charge is -2.34. The molecule has 1 saturated heterocycles. The first-order valence-corrected chi connectivity index (χ1v) is 12.0. The van der Waals surface area contributed by atoms with Crippen molar-refractivity contribution < 1.29 is 4.79 Å². The highest BCUT2D eigenvalue weighted by Gasteiger charge is 2.26. The number of carbonyl (C=O) groups is 1. The van der Waals surface area contributed by atoms with Gasteiger partial charge in [-0.1, -0.05) is 55.5 Å². The summed E-state index contributed by atoms with van der Waals surface area (Å²) in [6, 6.07) is 10.2. The zero-order valence-electron chi connectivity index (χ0n) is 19.6. The van der Waals surface area contributed by atoms with E-state index in [4.69, 9.17) is 10.1 Å². The first-order valence-electron chi connectivity index (χ1n) is 11.2. The van der Waals surface area contributed by atoms with Crippen molar-refractivity contribution in [1.29, 1.82) is 0 Å². The van der Waals surface area contributed by atoms with Crippen molar-refractivity contribution in [3.8, 4) is 11.3 Å². The molecule has 0 unspecified atom stereocenters. The summed E-state index contributed by atoms with van der Waals surface area (Å²) >= 11 is 1.59. The van der Waals surface area contributed by atoms with E-state index >= 15 is 0 Å². The molecule has 0 radical (unpaired) electrons. The predicted octanol–water partition coefficient (Wildman–Crippen LogP) is 4.16. The summed E-state index contributed by atoms with van der Waals surface area (Å²) in [5.41, 5.74) is 1.86. The Balaban J connectivity index is 1.54. The Hall–Kier alpha value is -2.81. The third-order valence-corrected chi connectivity index (χ3v) is 6.20. The lowest BCUT2D eigenvalue weighted by atomic mass is 10.1. The van der Waals surface area contributed by atoms with Gasteiger partial charge in [-0.25, -0.2) is 9.78 Å². The minimum atomic E-state index is -0.127. The SMILES string of the molecule is CC(C)CNC(=O)N1CCN(c2nn3c(NC(C)(C)C)c(-c4ccccc4)nc3s2)CC1. The highest BCUT2D eigenvalue weighted by molar-refractivity contribution is 7.20. The molecule has 4 rings (SSSR count). The van der Waals surface area contributed by atoms with E-state index < -0.39 is 0 Å². The van der Waals surface area contributed by atoms with Crippen LogP contribution in [0.4, 0.5) is 15.7 Å². The molecule has 0 aliphatic carbocycles. The van der Waals surface area contributed by atoms with Crippen LogP contribution in [0.5, 0.6) is 0 Å². The zero-order chi connectivity index (χ0) is 22.9. The second kappa shape index (κ2) is 8.97. The van der Waals surface area contributed by atoms with Gasteiger partial charge in [0.2, 0.25) is 10.1 Å². The molecule has 3 heterocycles. The van der Waals surface area contributed by atoms with E-state index in [0.717, 1.165) is 40.3 Å². The molecule has 172 valence electrons. The number of hydrogen-bond acceptors (Lipinski definition) is 6. The number of aromatic nitrogens is 3. The largest absolute Gasteiger partial charge is 0.364 e. The molecule has 1 fully saturated rings. The fourth-order valence-electron chi connectivity index (χ4n) is 3.63. The van der Waals surface area contributed by atoms with Gasteiger partial charge in [0.15, 0.2) is 5.82 Å². The number of anilines is 2. The summed E-state index contributed by atoms with van der Waals surface area (Å²) in [7, 11) is 0. The number of piperazine rings is 1. The summed E-state index contributed by atoms with van der Waals surface area (Å²) in [4.78, 5) is 22.3. The number of imidazole rings is 1. The van der Waals surface area contributed by atoms with Crippen LogP contribution >= 0.6 is 11.3 Å². The van der Waals surface area contributed by atoms with Crippen LogP contribution in [-0.4, -0.2) is 63.8 Å². The van der Waals surface area contributed by atoms with Crippen LogP contribution in [0.1, 0.15) is 34.6 Å². The van der Waals surface area contributed by atoms with Crippen LogP contribution in [0, 0.1) is 5.92 Å². The van der Waals surface area contributed by atoms with Crippen LogP contribution in [0.2, 0.25) is 0 Å². The average Bonchev–Trinajstić information content (AvgIpc) is 3.31. The third kappa shape index (κ3) is 4.98. The van der Waals surface area contributed by atoms with Gasteiger partial charge < -0.3 is 20.4 Å². The Morgan fingerprint density at radius 2 is 1.81 bits per heavy atom. The molecular weight excluding hydrogens is 422 g/mol. The van der Waals surface area contributed by atoms with E-state index in [9.17, 15) is 4.79 Å². The first-order chi connectivity index (χ1) is 15.2. The molecule has 9 heteroatoms. The molecule has 32 heavy (non-hydrogen) atoms. The Bertz CT molecular complexity index is 1060. The molecule has 1 aliphatic rings. The number of benzene rings is 1. The van der Waals surface area contributed by atoms with Crippen molar-refractivity contribution in [1.82, 2.24) is 24.8 Å². The van der Waals surface area contributed by atoms with E-state index in [-0.39, 0.29) is 11.6 Å². The minimum absolute atomic E-state index is 0.0245. The summed E-state index contributed by atoms with van der Waals surface area (Å²) < 4.78 is 1.93. The zero-order valence-corrected chi connectivity index (χ0v) is 20.4.